The number of rotatable bonds is 0. The first-order chi connectivity index (χ1) is 9.59. The number of aliphatic hydroxyl groups is 2. The van der Waals surface area contributed by atoms with E-state index in [1.807, 2.05) is 0 Å². The van der Waals surface area contributed by atoms with Crippen molar-refractivity contribution in [3.8, 4) is 0 Å². The van der Waals surface area contributed by atoms with Crippen LogP contribution in [0.25, 0.3) is 0 Å². The molecule has 0 bridgehead atoms. The fraction of sp³-hybridized carbons (Fsp3) is 0.778. The molecule has 110 valence electrons. The van der Waals surface area contributed by atoms with E-state index in [1.165, 1.54) is 24.8 Å². The van der Waals surface area contributed by atoms with E-state index in [-0.39, 0.29) is 17.6 Å². The molecule has 2 nitrogen and oxygen atoms in total. The molecular formula is C18H26O2. The van der Waals surface area contributed by atoms with E-state index in [0.29, 0.717) is 11.8 Å². The Balaban J connectivity index is 1.72. The fourth-order valence-corrected chi connectivity index (χ4v) is 5.62. The molecule has 4 aliphatic carbocycles. The Labute approximate surface area is 121 Å². The van der Waals surface area contributed by atoms with Gasteiger partial charge in [0.25, 0.3) is 0 Å². The molecule has 5 atom stereocenters. The van der Waals surface area contributed by atoms with Crippen molar-refractivity contribution in [3.05, 3.63) is 22.8 Å². The van der Waals surface area contributed by atoms with Gasteiger partial charge < -0.3 is 10.2 Å². The lowest BCUT2D eigenvalue weighted by molar-refractivity contribution is 0.00303. The van der Waals surface area contributed by atoms with Gasteiger partial charge in [-0.25, -0.2) is 0 Å². The largest absolute Gasteiger partial charge is 0.393 e. The maximum Gasteiger partial charge on any atom is 0.0729 e. The summed E-state index contributed by atoms with van der Waals surface area (Å²) in [6, 6.07) is 0. The molecule has 0 aromatic rings. The number of fused-ring (bicyclic) bond motifs is 4. The van der Waals surface area contributed by atoms with Crippen molar-refractivity contribution < 1.29 is 10.2 Å². The summed E-state index contributed by atoms with van der Waals surface area (Å²) in [4.78, 5) is 0. The molecule has 4 aliphatic rings. The molecule has 2 fully saturated rings. The van der Waals surface area contributed by atoms with Crippen molar-refractivity contribution in [2.24, 2.45) is 17.3 Å². The minimum atomic E-state index is -0.215. The minimum absolute atomic E-state index is 0.0795. The summed E-state index contributed by atoms with van der Waals surface area (Å²) in [5.41, 5.74) is 4.91. The van der Waals surface area contributed by atoms with Crippen LogP contribution in [0.3, 0.4) is 0 Å². The van der Waals surface area contributed by atoms with Crippen LogP contribution in [0.2, 0.25) is 0 Å². The Morgan fingerprint density at radius 3 is 2.75 bits per heavy atom. The van der Waals surface area contributed by atoms with Crippen molar-refractivity contribution in [1.82, 2.24) is 0 Å². The van der Waals surface area contributed by atoms with Gasteiger partial charge in [-0.05, 0) is 79.8 Å². The number of allylic oxidation sites excluding steroid dienone is 3. The molecule has 0 heterocycles. The van der Waals surface area contributed by atoms with Crippen molar-refractivity contribution in [2.45, 2.75) is 70.5 Å². The van der Waals surface area contributed by atoms with Crippen molar-refractivity contribution in [1.29, 1.82) is 0 Å². The zero-order chi connectivity index (χ0) is 13.9. The van der Waals surface area contributed by atoms with Crippen molar-refractivity contribution >= 4 is 0 Å². The Bertz CT molecular complexity index is 490. The normalized spacial score (nSPS) is 47.5. The number of hydrogen-bond acceptors (Lipinski definition) is 2. The van der Waals surface area contributed by atoms with Crippen molar-refractivity contribution in [2.75, 3.05) is 0 Å². The molecule has 2 saturated carbocycles. The summed E-state index contributed by atoms with van der Waals surface area (Å²) in [7, 11) is 0. The lowest BCUT2D eigenvalue weighted by Crippen LogP contribution is -2.42. The maximum absolute atomic E-state index is 10.4. The van der Waals surface area contributed by atoms with Gasteiger partial charge in [0.05, 0.1) is 12.2 Å². The van der Waals surface area contributed by atoms with Crippen LogP contribution in [0.4, 0.5) is 0 Å². The molecular weight excluding hydrogens is 248 g/mol. The maximum atomic E-state index is 10.4. The standard InChI is InChI=1S/C18H26O2/c1-18-9-8-14-13-5-3-12(19)10-11(13)2-4-15(14)16(18)6-7-17(18)20/h10,12,15-17,19-20H,2-9H2,1H3/t12?,15-,16+,17?,18+/m1/s1. The van der Waals surface area contributed by atoms with Gasteiger partial charge in [-0.3, -0.25) is 0 Å². The topological polar surface area (TPSA) is 40.5 Å². The van der Waals surface area contributed by atoms with E-state index in [2.05, 4.69) is 13.0 Å². The smallest absolute Gasteiger partial charge is 0.0729 e. The lowest BCUT2D eigenvalue weighted by atomic mass is 9.57. The van der Waals surface area contributed by atoms with Crippen LogP contribution in [0.5, 0.6) is 0 Å². The Hall–Kier alpha value is -0.600. The second-order valence-electron chi connectivity index (χ2n) is 7.65. The second-order valence-corrected chi connectivity index (χ2v) is 7.65. The van der Waals surface area contributed by atoms with E-state index >= 15 is 0 Å². The zero-order valence-electron chi connectivity index (χ0n) is 12.4. The molecule has 0 aliphatic heterocycles. The lowest BCUT2D eigenvalue weighted by Gasteiger charge is -2.48. The minimum Gasteiger partial charge on any atom is -0.393 e. The molecule has 2 unspecified atom stereocenters. The predicted octanol–water partition coefficient (Wildman–Crippen LogP) is 3.35. The summed E-state index contributed by atoms with van der Waals surface area (Å²) in [6.45, 7) is 2.33. The summed E-state index contributed by atoms with van der Waals surface area (Å²) >= 11 is 0. The molecule has 0 spiro atoms. The van der Waals surface area contributed by atoms with Crippen LogP contribution >= 0.6 is 0 Å². The highest BCUT2D eigenvalue weighted by Crippen LogP contribution is 2.59. The Kier molecular flexibility index (Phi) is 2.91. The van der Waals surface area contributed by atoms with Gasteiger partial charge in [-0.2, -0.15) is 0 Å². The third-order valence-electron chi connectivity index (χ3n) is 6.81. The van der Waals surface area contributed by atoms with Gasteiger partial charge in [-0.1, -0.05) is 18.6 Å². The van der Waals surface area contributed by atoms with Gasteiger partial charge in [0.1, 0.15) is 0 Å². The van der Waals surface area contributed by atoms with E-state index in [9.17, 15) is 10.2 Å². The molecule has 0 saturated heterocycles. The van der Waals surface area contributed by atoms with Crippen LogP contribution in [-0.4, -0.2) is 22.4 Å². The van der Waals surface area contributed by atoms with E-state index < -0.39 is 0 Å². The summed E-state index contributed by atoms with van der Waals surface area (Å²) in [5.74, 6) is 1.41. The number of hydrogen-bond donors (Lipinski definition) is 2. The van der Waals surface area contributed by atoms with E-state index in [0.717, 1.165) is 32.1 Å². The van der Waals surface area contributed by atoms with Gasteiger partial charge in [0.15, 0.2) is 0 Å². The first-order valence-electron chi connectivity index (χ1n) is 8.38. The Morgan fingerprint density at radius 2 is 1.90 bits per heavy atom. The molecule has 4 rings (SSSR count). The fourth-order valence-electron chi connectivity index (χ4n) is 5.62. The molecule has 0 radical (unpaired) electrons. The summed E-state index contributed by atoms with van der Waals surface area (Å²) < 4.78 is 0. The second kappa shape index (κ2) is 4.45. The van der Waals surface area contributed by atoms with E-state index in [1.54, 1.807) is 11.1 Å². The molecule has 0 aromatic carbocycles. The molecule has 2 N–H and O–H groups in total. The van der Waals surface area contributed by atoms with Gasteiger partial charge >= 0.3 is 0 Å². The highest BCUT2D eigenvalue weighted by Gasteiger charge is 2.53. The van der Waals surface area contributed by atoms with Crippen LogP contribution in [0.15, 0.2) is 22.8 Å². The molecule has 2 heteroatoms. The van der Waals surface area contributed by atoms with E-state index in [4.69, 9.17) is 0 Å². The van der Waals surface area contributed by atoms with Crippen LogP contribution in [0, 0.1) is 17.3 Å². The third kappa shape index (κ3) is 1.70. The third-order valence-corrected chi connectivity index (χ3v) is 6.81. The highest BCUT2D eigenvalue weighted by molar-refractivity contribution is 5.43. The molecule has 0 aromatic heterocycles. The van der Waals surface area contributed by atoms with Gasteiger partial charge in [0.2, 0.25) is 0 Å². The number of aliphatic hydroxyl groups excluding tert-OH is 2. The highest BCUT2D eigenvalue weighted by atomic mass is 16.3. The molecule has 20 heavy (non-hydrogen) atoms. The summed E-state index contributed by atoms with van der Waals surface area (Å²) in [5, 5.41) is 20.2. The predicted molar refractivity (Wildman–Crippen MR) is 79.1 cm³/mol. The SMILES string of the molecule is C[C@]12CCC3=C4CCC(O)C=C4CC[C@H]3[C@@H]1CCC2O. The zero-order valence-corrected chi connectivity index (χ0v) is 12.4. The molecule has 0 amide bonds. The average molecular weight is 274 g/mol. The average Bonchev–Trinajstić information content (AvgIpc) is 2.74. The Morgan fingerprint density at radius 1 is 1.05 bits per heavy atom. The first-order valence-corrected chi connectivity index (χ1v) is 8.38. The van der Waals surface area contributed by atoms with Gasteiger partial charge in [0, 0.05) is 0 Å². The quantitative estimate of drug-likeness (QED) is 0.711. The first kappa shape index (κ1) is 13.1. The van der Waals surface area contributed by atoms with Crippen LogP contribution in [-0.2, 0) is 0 Å². The summed E-state index contributed by atoms with van der Waals surface area (Å²) in [6.07, 6.45) is 10.7. The van der Waals surface area contributed by atoms with Crippen LogP contribution in [0.1, 0.15) is 58.3 Å². The van der Waals surface area contributed by atoms with Gasteiger partial charge in [-0.15, -0.1) is 0 Å². The van der Waals surface area contributed by atoms with Crippen molar-refractivity contribution in [3.63, 3.8) is 0 Å². The van der Waals surface area contributed by atoms with Crippen LogP contribution < -0.4 is 0 Å². The monoisotopic (exact) mass is 274 g/mol.